The van der Waals surface area contributed by atoms with Gasteiger partial charge in [-0.15, -0.1) is 11.3 Å². The van der Waals surface area contributed by atoms with Crippen molar-refractivity contribution in [3.8, 4) is 0 Å². The van der Waals surface area contributed by atoms with Crippen LogP contribution in [-0.2, 0) is 21.1 Å². The number of amides is 1. The molecule has 1 N–H and O–H groups in total. The highest BCUT2D eigenvalue weighted by molar-refractivity contribution is 7.90. The van der Waals surface area contributed by atoms with E-state index in [4.69, 9.17) is 0 Å². The highest BCUT2D eigenvalue weighted by atomic mass is 32.2. The third-order valence-electron chi connectivity index (χ3n) is 2.95. The molecular weight excluding hydrogens is 340 g/mol. The zero-order valence-corrected chi connectivity index (χ0v) is 14.0. The van der Waals surface area contributed by atoms with Gasteiger partial charge in [-0.1, -0.05) is 17.4 Å². The van der Waals surface area contributed by atoms with Gasteiger partial charge in [0, 0.05) is 11.1 Å². The molecule has 114 valence electrons. The second-order valence-corrected chi connectivity index (χ2v) is 8.80. The van der Waals surface area contributed by atoms with E-state index in [2.05, 4.69) is 10.3 Å². The average molecular weight is 352 g/mol. The van der Waals surface area contributed by atoms with Crippen molar-refractivity contribution in [2.24, 2.45) is 0 Å². The SMILES string of the molecule is CS(=O)(=O)c1ccc2nc(NC(=O)Cc3cccs3)sc2c1. The van der Waals surface area contributed by atoms with Crippen molar-refractivity contribution in [3.05, 3.63) is 40.6 Å². The van der Waals surface area contributed by atoms with Gasteiger partial charge >= 0.3 is 0 Å². The molecule has 0 spiro atoms. The number of nitrogens with one attached hydrogen (secondary N) is 1. The smallest absolute Gasteiger partial charge is 0.231 e. The molecule has 0 saturated carbocycles. The van der Waals surface area contributed by atoms with Gasteiger partial charge in [-0.3, -0.25) is 4.79 Å². The lowest BCUT2D eigenvalue weighted by atomic mass is 10.3. The number of anilines is 1. The molecule has 0 radical (unpaired) electrons. The molecule has 0 bridgehead atoms. The zero-order chi connectivity index (χ0) is 15.7. The summed E-state index contributed by atoms with van der Waals surface area (Å²) in [6, 6.07) is 8.56. The van der Waals surface area contributed by atoms with E-state index in [1.165, 1.54) is 35.0 Å². The first-order chi connectivity index (χ1) is 10.4. The van der Waals surface area contributed by atoms with E-state index < -0.39 is 9.84 Å². The van der Waals surface area contributed by atoms with E-state index in [9.17, 15) is 13.2 Å². The van der Waals surface area contributed by atoms with E-state index in [-0.39, 0.29) is 10.8 Å². The Morgan fingerprint density at radius 2 is 2.14 bits per heavy atom. The number of sulfone groups is 1. The molecule has 0 aliphatic carbocycles. The summed E-state index contributed by atoms with van der Waals surface area (Å²) < 4.78 is 23.8. The average Bonchev–Trinajstić information content (AvgIpc) is 3.04. The molecule has 5 nitrogen and oxygen atoms in total. The molecule has 3 rings (SSSR count). The first-order valence-corrected chi connectivity index (χ1v) is 9.93. The minimum atomic E-state index is -3.25. The number of aromatic nitrogens is 1. The predicted octanol–water partition coefficient (Wildman–Crippen LogP) is 2.94. The van der Waals surface area contributed by atoms with Crippen molar-refractivity contribution in [2.75, 3.05) is 11.6 Å². The molecule has 2 aromatic heterocycles. The molecule has 0 saturated heterocycles. The molecule has 22 heavy (non-hydrogen) atoms. The summed E-state index contributed by atoms with van der Waals surface area (Å²) in [6.45, 7) is 0. The van der Waals surface area contributed by atoms with Crippen LogP contribution in [0.1, 0.15) is 4.88 Å². The van der Waals surface area contributed by atoms with Crippen LogP contribution in [0.5, 0.6) is 0 Å². The Morgan fingerprint density at radius 1 is 1.32 bits per heavy atom. The van der Waals surface area contributed by atoms with Crippen LogP contribution < -0.4 is 5.32 Å². The quantitative estimate of drug-likeness (QED) is 0.783. The number of hydrogen-bond acceptors (Lipinski definition) is 6. The third-order valence-corrected chi connectivity index (χ3v) is 5.87. The molecule has 0 fully saturated rings. The highest BCUT2D eigenvalue weighted by Gasteiger charge is 2.12. The van der Waals surface area contributed by atoms with Gasteiger partial charge in [0.25, 0.3) is 0 Å². The highest BCUT2D eigenvalue weighted by Crippen LogP contribution is 2.28. The van der Waals surface area contributed by atoms with E-state index >= 15 is 0 Å². The Morgan fingerprint density at radius 3 is 2.82 bits per heavy atom. The fourth-order valence-corrected chi connectivity index (χ4v) is 4.27. The van der Waals surface area contributed by atoms with Crippen LogP contribution in [0.25, 0.3) is 10.2 Å². The summed E-state index contributed by atoms with van der Waals surface area (Å²) in [5, 5.41) is 5.15. The maximum Gasteiger partial charge on any atom is 0.231 e. The monoisotopic (exact) mass is 352 g/mol. The standard InChI is InChI=1S/C14H12N2O3S3/c1-22(18,19)10-4-5-11-12(8-10)21-14(15-11)16-13(17)7-9-3-2-6-20-9/h2-6,8H,7H2,1H3,(H,15,16,17). The van der Waals surface area contributed by atoms with Crippen molar-refractivity contribution in [1.82, 2.24) is 4.98 Å². The van der Waals surface area contributed by atoms with Gasteiger partial charge in [0.1, 0.15) is 0 Å². The molecule has 0 aliphatic heterocycles. The van der Waals surface area contributed by atoms with Crippen LogP contribution in [0.3, 0.4) is 0 Å². The Balaban J connectivity index is 1.81. The lowest BCUT2D eigenvalue weighted by molar-refractivity contribution is -0.115. The lowest BCUT2D eigenvalue weighted by Gasteiger charge is -1.98. The topological polar surface area (TPSA) is 76.1 Å². The van der Waals surface area contributed by atoms with Gasteiger partial charge in [-0.25, -0.2) is 13.4 Å². The molecule has 0 unspecified atom stereocenters. The molecule has 1 aromatic carbocycles. The number of rotatable bonds is 4. The van der Waals surface area contributed by atoms with Gasteiger partial charge in [-0.05, 0) is 29.6 Å². The molecule has 2 heterocycles. The minimum Gasteiger partial charge on any atom is -0.302 e. The van der Waals surface area contributed by atoms with E-state index in [1.54, 1.807) is 12.1 Å². The Bertz CT molecular complexity index is 928. The van der Waals surface area contributed by atoms with Crippen molar-refractivity contribution in [3.63, 3.8) is 0 Å². The number of carbonyl (C=O) groups is 1. The largest absolute Gasteiger partial charge is 0.302 e. The Hall–Kier alpha value is -1.77. The maximum atomic E-state index is 11.9. The first-order valence-electron chi connectivity index (χ1n) is 6.35. The third kappa shape index (κ3) is 3.34. The summed E-state index contributed by atoms with van der Waals surface area (Å²) in [5.41, 5.74) is 0.670. The first kappa shape index (κ1) is 15.1. The molecule has 8 heteroatoms. The fraction of sp³-hybridized carbons (Fsp3) is 0.143. The molecular formula is C14H12N2O3S3. The normalized spacial score (nSPS) is 11.7. The van der Waals surface area contributed by atoms with E-state index in [0.29, 0.717) is 17.1 Å². The van der Waals surface area contributed by atoms with Gasteiger partial charge in [0.2, 0.25) is 5.91 Å². The zero-order valence-electron chi connectivity index (χ0n) is 11.6. The molecule has 1 amide bonds. The summed E-state index contributed by atoms with van der Waals surface area (Å²) in [7, 11) is -3.25. The number of fused-ring (bicyclic) bond motifs is 1. The molecule has 0 aliphatic rings. The van der Waals surface area contributed by atoms with Crippen LogP contribution >= 0.6 is 22.7 Å². The van der Waals surface area contributed by atoms with Crippen molar-refractivity contribution >= 4 is 53.8 Å². The second-order valence-electron chi connectivity index (χ2n) is 4.73. The van der Waals surface area contributed by atoms with Crippen molar-refractivity contribution < 1.29 is 13.2 Å². The Labute approximate surface area is 135 Å². The van der Waals surface area contributed by atoms with Crippen LogP contribution in [0.4, 0.5) is 5.13 Å². The number of benzene rings is 1. The maximum absolute atomic E-state index is 11.9. The predicted molar refractivity (Wildman–Crippen MR) is 89.4 cm³/mol. The van der Waals surface area contributed by atoms with Gasteiger partial charge in [0.15, 0.2) is 15.0 Å². The summed E-state index contributed by atoms with van der Waals surface area (Å²) >= 11 is 2.79. The minimum absolute atomic E-state index is 0.134. The van der Waals surface area contributed by atoms with E-state index in [0.717, 1.165) is 9.58 Å². The second kappa shape index (κ2) is 5.79. The van der Waals surface area contributed by atoms with Crippen LogP contribution in [0, 0.1) is 0 Å². The summed E-state index contributed by atoms with van der Waals surface area (Å²) in [4.78, 5) is 17.5. The van der Waals surface area contributed by atoms with Crippen molar-refractivity contribution in [2.45, 2.75) is 11.3 Å². The van der Waals surface area contributed by atoms with Crippen LogP contribution in [0.15, 0.2) is 40.6 Å². The fourth-order valence-electron chi connectivity index (χ4n) is 1.92. The number of carbonyl (C=O) groups excluding carboxylic acids is 1. The van der Waals surface area contributed by atoms with Crippen molar-refractivity contribution in [1.29, 1.82) is 0 Å². The Kier molecular flexibility index (Phi) is 3.98. The van der Waals surface area contributed by atoms with Crippen LogP contribution in [0.2, 0.25) is 0 Å². The summed E-state index contributed by atoms with van der Waals surface area (Å²) in [5.74, 6) is -0.134. The van der Waals surface area contributed by atoms with Crippen LogP contribution in [-0.4, -0.2) is 25.6 Å². The summed E-state index contributed by atoms with van der Waals surface area (Å²) in [6.07, 6.45) is 1.47. The number of hydrogen-bond donors (Lipinski definition) is 1. The number of thiophene rings is 1. The molecule has 3 aromatic rings. The van der Waals surface area contributed by atoms with Gasteiger partial charge in [0.05, 0.1) is 21.5 Å². The van der Waals surface area contributed by atoms with E-state index in [1.807, 2.05) is 17.5 Å². The lowest BCUT2D eigenvalue weighted by Crippen LogP contribution is -2.13. The van der Waals surface area contributed by atoms with Gasteiger partial charge in [-0.2, -0.15) is 0 Å². The number of nitrogens with zero attached hydrogens (tertiary/aromatic N) is 1. The molecule has 0 atom stereocenters. The number of thiazole rings is 1. The van der Waals surface area contributed by atoms with Gasteiger partial charge < -0.3 is 5.32 Å².